The summed E-state index contributed by atoms with van der Waals surface area (Å²) in [6, 6.07) is 23.1. The van der Waals surface area contributed by atoms with E-state index in [-0.39, 0.29) is 11.8 Å². The number of aryl methyl sites for hydroxylation is 2. The zero-order chi connectivity index (χ0) is 21.8. The molecule has 0 aliphatic carbocycles. The van der Waals surface area contributed by atoms with Crippen molar-refractivity contribution < 1.29 is 9.59 Å². The monoisotopic (exact) mass is 413 g/mol. The van der Waals surface area contributed by atoms with E-state index in [4.69, 9.17) is 0 Å². The lowest BCUT2D eigenvalue weighted by Gasteiger charge is -2.36. The van der Waals surface area contributed by atoms with Crippen molar-refractivity contribution in [1.29, 1.82) is 0 Å². The van der Waals surface area contributed by atoms with Crippen LogP contribution in [0.4, 0.5) is 11.4 Å². The summed E-state index contributed by atoms with van der Waals surface area (Å²) in [4.78, 5) is 29.4. The smallest absolute Gasteiger partial charge is 0.255 e. The molecule has 5 heteroatoms. The van der Waals surface area contributed by atoms with E-state index in [1.807, 2.05) is 91.5 Å². The third-order valence-electron chi connectivity index (χ3n) is 5.75. The molecule has 1 heterocycles. The van der Waals surface area contributed by atoms with Crippen molar-refractivity contribution in [3.05, 3.63) is 95.1 Å². The van der Waals surface area contributed by atoms with Crippen molar-refractivity contribution in [3.63, 3.8) is 0 Å². The lowest BCUT2D eigenvalue weighted by Crippen LogP contribution is -2.48. The van der Waals surface area contributed by atoms with Crippen molar-refractivity contribution in [2.75, 3.05) is 36.4 Å². The van der Waals surface area contributed by atoms with Gasteiger partial charge in [0.2, 0.25) is 0 Å². The third-order valence-corrected chi connectivity index (χ3v) is 5.75. The Morgan fingerprint density at radius 3 is 2.06 bits per heavy atom. The lowest BCUT2D eigenvalue weighted by molar-refractivity contribution is 0.0746. The van der Waals surface area contributed by atoms with Crippen LogP contribution < -0.4 is 10.2 Å². The number of hydrogen-bond donors (Lipinski definition) is 1. The molecule has 4 rings (SSSR count). The fourth-order valence-corrected chi connectivity index (χ4v) is 3.81. The molecule has 5 nitrogen and oxygen atoms in total. The molecule has 158 valence electrons. The molecule has 1 aliphatic rings. The van der Waals surface area contributed by atoms with Crippen LogP contribution in [-0.2, 0) is 0 Å². The van der Waals surface area contributed by atoms with Crippen LogP contribution in [0.5, 0.6) is 0 Å². The summed E-state index contributed by atoms with van der Waals surface area (Å²) in [6.07, 6.45) is 0. The van der Waals surface area contributed by atoms with Crippen LogP contribution in [0.3, 0.4) is 0 Å². The molecule has 0 unspecified atom stereocenters. The number of anilines is 2. The molecular weight excluding hydrogens is 386 g/mol. The molecule has 1 saturated heterocycles. The molecule has 3 aromatic carbocycles. The number of hydrogen-bond acceptors (Lipinski definition) is 3. The Morgan fingerprint density at radius 2 is 1.42 bits per heavy atom. The van der Waals surface area contributed by atoms with Crippen LogP contribution in [0.2, 0.25) is 0 Å². The summed E-state index contributed by atoms with van der Waals surface area (Å²) in [5, 5.41) is 2.94. The minimum atomic E-state index is -0.115. The van der Waals surface area contributed by atoms with Gasteiger partial charge in [0.15, 0.2) is 0 Å². The highest BCUT2D eigenvalue weighted by Crippen LogP contribution is 2.21. The molecule has 1 N–H and O–H groups in total. The second-order valence-corrected chi connectivity index (χ2v) is 7.96. The first-order valence-corrected chi connectivity index (χ1v) is 10.6. The number of nitrogens with one attached hydrogen (secondary N) is 1. The van der Waals surface area contributed by atoms with E-state index in [1.54, 1.807) is 0 Å². The third kappa shape index (κ3) is 4.77. The van der Waals surface area contributed by atoms with Gasteiger partial charge in [0.25, 0.3) is 11.8 Å². The Kier molecular flexibility index (Phi) is 6.03. The second-order valence-electron chi connectivity index (χ2n) is 7.96. The van der Waals surface area contributed by atoms with Crippen LogP contribution in [-0.4, -0.2) is 42.9 Å². The number of carbonyl (C=O) groups excluding carboxylic acids is 2. The summed E-state index contributed by atoms with van der Waals surface area (Å²) in [5.41, 5.74) is 5.42. The molecular formula is C26H27N3O2. The van der Waals surface area contributed by atoms with Crippen LogP contribution in [0.15, 0.2) is 72.8 Å². The van der Waals surface area contributed by atoms with E-state index in [0.717, 1.165) is 41.2 Å². The summed E-state index contributed by atoms with van der Waals surface area (Å²) in [7, 11) is 0. The van der Waals surface area contributed by atoms with Crippen molar-refractivity contribution in [3.8, 4) is 0 Å². The molecule has 2 amide bonds. The molecule has 0 spiro atoms. The van der Waals surface area contributed by atoms with Crippen LogP contribution in [0, 0.1) is 13.8 Å². The number of benzene rings is 3. The summed E-state index contributed by atoms with van der Waals surface area (Å²) in [6.45, 7) is 6.93. The van der Waals surface area contributed by atoms with Crippen LogP contribution in [0.25, 0.3) is 0 Å². The second kappa shape index (κ2) is 9.04. The fraction of sp³-hybridized carbons (Fsp3) is 0.231. The number of nitrogens with zero attached hydrogens (tertiary/aromatic N) is 2. The molecule has 1 fully saturated rings. The van der Waals surface area contributed by atoms with Crippen molar-refractivity contribution in [2.45, 2.75) is 13.8 Å². The molecule has 0 saturated carbocycles. The minimum Gasteiger partial charge on any atom is -0.368 e. The minimum absolute atomic E-state index is 0.104. The quantitative estimate of drug-likeness (QED) is 0.684. The normalized spacial score (nSPS) is 13.7. The topological polar surface area (TPSA) is 52.7 Å². The largest absolute Gasteiger partial charge is 0.368 e. The van der Waals surface area contributed by atoms with Crippen LogP contribution >= 0.6 is 0 Å². The van der Waals surface area contributed by atoms with E-state index in [2.05, 4.69) is 10.2 Å². The first kappa shape index (κ1) is 20.7. The summed E-state index contributed by atoms with van der Waals surface area (Å²) >= 11 is 0. The predicted octanol–water partition coefficient (Wildman–Crippen LogP) is 4.52. The van der Waals surface area contributed by atoms with Gasteiger partial charge >= 0.3 is 0 Å². The molecule has 0 atom stereocenters. The summed E-state index contributed by atoms with van der Waals surface area (Å²) < 4.78 is 0. The molecule has 3 aromatic rings. The Labute approximate surface area is 183 Å². The van der Waals surface area contributed by atoms with Gasteiger partial charge in [-0.2, -0.15) is 0 Å². The van der Waals surface area contributed by atoms with Crippen LogP contribution in [0.1, 0.15) is 31.8 Å². The van der Waals surface area contributed by atoms with E-state index >= 15 is 0 Å². The average molecular weight is 414 g/mol. The molecule has 0 aromatic heterocycles. The van der Waals surface area contributed by atoms with E-state index in [9.17, 15) is 9.59 Å². The van der Waals surface area contributed by atoms with E-state index in [1.165, 1.54) is 0 Å². The highest BCUT2D eigenvalue weighted by atomic mass is 16.2. The zero-order valence-electron chi connectivity index (χ0n) is 18.0. The number of amides is 2. The number of carbonyl (C=O) groups is 2. The van der Waals surface area contributed by atoms with Gasteiger partial charge in [0.05, 0.1) is 0 Å². The zero-order valence-corrected chi connectivity index (χ0v) is 18.0. The molecule has 1 aliphatic heterocycles. The Bertz CT molecular complexity index is 1070. The highest BCUT2D eigenvalue weighted by molar-refractivity contribution is 6.04. The van der Waals surface area contributed by atoms with E-state index < -0.39 is 0 Å². The Balaban J connectivity index is 1.34. The van der Waals surface area contributed by atoms with Gasteiger partial charge in [-0.05, 0) is 61.9 Å². The first-order chi connectivity index (χ1) is 15.0. The van der Waals surface area contributed by atoms with Gasteiger partial charge in [0.1, 0.15) is 0 Å². The highest BCUT2D eigenvalue weighted by Gasteiger charge is 2.23. The van der Waals surface area contributed by atoms with E-state index in [0.29, 0.717) is 18.7 Å². The molecule has 31 heavy (non-hydrogen) atoms. The predicted molar refractivity (Wildman–Crippen MR) is 125 cm³/mol. The van der Waals surface area contributed by atoms with Gasteiger partial charge in [0, 0.05) is 48.7 Å². The van der Waals surface area contributed by atoms with Gasteiger partial charge in [-0.1, -0.05) is 35.9 Å². The van der Waals surface area contributed by atoms with Crippen molar-refractivity contribution >= 4 is 23.2 Å². The standard InChI is InChI=1S/C26H27N3O2/c1-19-7-9-21(10-8-19)25(30)27-22-11-13-23(14-12-22)28-15-17-29(18-16-28)26(31)24-6-4-3-5-20(24)2/h3-14H,15-18H2,1-2H3,(H,27,30). The Morgan fingerprint density at radius 1 is 0.774 bits per heavy atom. The first-order valence-electron chi connectivity index (χ1n) is 10.6. The number of piperazine rings is 1. The van der Waals surface area contributed by atoms with Gasteiger partial charge in [-0.15, -0.1) is 0 Å². The number of rotatable bonds is 4. The lowest BCUT2D eigenvalue weighted by atomic mass is 10.1. The maximum absolute atomic E-state index is 12.8. The van der Waals surface area contributed by atoms with Gasteiger partial charge in [-0.25, -0.2) is 0 Å². The molecule has 0 bridgehead atoms. The summed E-state index contributed by atoms with van der Waals surface area (Å²) in [5.74, 6) is -0.0111. The van der Waals surface area contributed by atoms with Gasteiger partial charge in [-0.3, -0.25) is 9.59 Å². The Hall–Kier alpha value is -3.60. The fourth-order valence-electron chi connectivity index (χ4n) is 3.81. The SMILES string of the molecule is Cc1ccc(C(=O)Nc2ccc(N3CCN(C(=O)c4ccccc4C)CC3)cc2)cc1. The van der Waals surface area contributed by atoms with Crippen molar-refractivity contribution in [1.82, 2.24) is 4.90 Å². The molecule has 0 radical (unpaired) electrons. The average Bonchev–Trinajstić information content (AvgIpc) is 2.80. The maximum atomic E-state index is 12.8. The maximum Gasteiger partial charge on any atom is 0.255 e. The van der Waals surface area contributed by atoms with Crippen molar-refractivity contribution in [2.24, 2.45) is 0 Å². The van der Waals surface area contributed by atoms with Gasteiger partial charge < -0.3 is 15.1 Å².